The highest BCUT2D eigenvalue weighted by Crippen LogP contribution is 2.36. The molecule has 2 aromatic carbocycles. The molecule has 0 amide bonds. The van der Waals surface area contributed by atoms with E-state index in [9.17, 15) is 4.57 Å². The van der Waals surface area contributed by atoms with Crippen molar-refractivity contribution in [1.82, 2.24) is 4.98 Å². The summed E-state index contributed by atoms with van der Waals surface area (Å²) in [6.45, 7) is 0. The Kier molecular flexibility index (Phi) is 4.24. The molecule has 0 saturated heterocycles. The monoisotopic (exact) mass is 385 g/mol. The van der Waals surface area contributed by atoms with Gasteiger partial charge in [-0.1, -0.05) is 29.8 Å². The number of hydrogen-bond donors (Lipinski definition) is 1. The zero-order valence-corrected chi connectivity index (χ0v) is 13.9. The van der Waals surface area contributed by atoms with Crippen LogP contribution in [0.3, 0.4) is 0 Å². The van der Waals surface area contributed by atoms with Crippen LogP contribution in [0.1, 0.15) is 0 Å². The maximum atomic E-state index is 11.9. The van der Waals surface area contributed by atoms with Gasteiger partial charge < -0.3 is 14.0 Å². The Labute approximate surface area is 135 Å². The average molecular weight is 387 g/mol. The van der Waals surface area contributed by atoms with Gasteiger partial charge in [0.25, 0.3) is 0 Å². The molecular formula is C14H10BrClNO3P. The van der Waals surface area contributed by atoms with Crippen molar-refractivity contribution in [3.05, 3.63) is 58.0 Å². The second kappa shape index (κ2) is 6.14. The first kappa shape index (κ1) is 14.5. The van der Waals surface area contributed by atoms with Crippen molar-refractivity contribution in [2.45, 2.75) is 0 Å². The van der Waals surface area contributed by atoms with Crippen LogP contribution in [-0.2, 0) is 4.57 Å². The minimum absolute atomic E-state index is 0.352. The first-order chi connectivity index (χ1) is 10.1. The van der Waals surface area contributed by atoms with E-state index < -0.39 is 8.25 Å². The molecule has 0 spiro atoms. The topological polar surface area (TPSA) is 51.3 Å². The van der Waals surface area contributed by atoms with Crippen LogP contribution < -0.4 is 9.05 Å². The molecule has 0 saturated carbocycles. The number of para-hydroxylation sites is 1. The number of aromatic amines is 1. The molecule has 108 valence electrons. The van der Waals surface area contributed by atoms with Gasteiger partial charge in [0.2, 0.25) is 5.88 Å². The van der Waals surface area contributed by atoms with Crippen molar-refractivity contribution in [2.75, 3.05) is 0 Å². The van der Waals surface area contributed by atoms with Crippen LogP contribution in [0, 0.1) is 0 Å². The van der Waals surface area contributed by atoms with Gasteiger partial charge in [-0.25, -0.2) is 4.57 Å². The number of halogens is 2. The number of nitrogens with one attached hydrogen (secondary N) is 1. The molecule has 0 aliphatic rings. The lowest BCUT2D eigenvalue weighted by molar-refractivity contribution is 0.411. The van der Waals surface area contributed by atoms with E-state index in [0.717, 1.165) is 15.4 Å². The summed E-state index contributed by atoms with van der Waals surface area (Å²) in [5.74, 6) is 0.850. The Balaban J connectivity index is 1.79. The van der Waals surface area contributed by atoms with Crippen LogP contribution in [0.15, 0.2) is 53.0 Å². The Hall–Kier alpha value is -1.42. The maximum Gasteiger partial charge on any atom is 0.420 e. The SMILES string of the molecule is O=[PH](Oc1ccccc1)Oc1cc2c(Cl)c(Br)ccc2[nH]1. The lowest BCUT2D eigenvalue weighted by atomic mass is 10.2. The molecule has 3 rings (SSSR count). The summed E-state index contributed by atoms with van der Waals surface area (Å²) in [5.41, 5.74) is 0.799. The van der Waals surface area contributed by atoms with E-state index in [1.165, 1.54) is 0 Å². The second-order valence-electron chi connectivity index (χ2n) is 4.22. The summed E-state index contributed by atoms with van der Waals surface area (Å²) in [6.07, 6.45) is 0. The number of fused-ring (bicyclic) bond motifs is 1. The third-order valence-electron chi connectivity index (χ3n) is 2.80. The fourth-order valence-corrected chi connectivity index (χ4v) is 3.09. The van der Waals surface area contributed by atoms with Crippen LogP contribution in [0.25, 0.3) is 10.9 Å². The highest BCUT2D eigenvalue weighted by atomic mass is 79.9. The van der Waals surface area contributed by atoms with E-state index in [1.54, 1.807) is 30.3 Å². The molecule has 21 heavy (non-hydrogen) atoms. The van der Waals surface area contributed by atoms with Crippen LogP contribution in [0.2, 0.25) is 5.02 Å². The molecule has 0 fully saturated rings. The van der Waals surface area contributed by atoms with E-state index in [2.05, 4.69) is 20.9 Å². The summed E-state index contributed by atoms with van der Waals surface area (Å²) in [6, 6.07) is 14.2. The predicted molar refractivity (Wildman–Crippen MR) is 87.7 cm³/mol. The fraction of sp³-hybridized carbons (Fsp3) is 0. The Bertz CT molecular complexity index is 807. The van der Waals surface area contributed by atoms with Gasteiger partial charge in [-0.15, -0.1) is 0 Å². The smallest absolute Gasteiger partial charge is 0.418 e. The highest BCUT2D eigenvalue weighted by Gasteiger charge is 2.10. The minimum atomic E-state index is -2.70. The molecule has 7 heteroatoms. The van der Waals surface area contributed by atoms with Gasteiger partial charge in [0, 0.05) is 21.4 Å². The number of benzene rings is 2. The summed E-state index contributed by atoms with van der Waals surface area (Å²) in [7, 11) is -2.70. The number of hydrogen-bond acceptors (Lipinski definition) is 3. The fourth-order valence-electron chi connectivity index (χ4n) is 1.87. The molecule has 4 nitrogen and oxygen atoms in total. The van der Waals surface area contributed by atoms with E-state index in [-0.39, 0.29) is 0 Å². The molecule has 1 N–H and O–H groups in total. The molecule has 1 aromatic heterocycles. The summed E-state index contributed by atoms with van der Waals surface area (Å²) < 4.78 is 23.2. The van der Waals surface area contributed by atoms with E-state index >= 15 is 0 Å². The zero-order chi connectivity index (χ0) is 14.8. The summed E-state index contributed by atoms with van der Waals surface area (Å²) in [4.78, 5) is 3.00. The van der Waals surface area contributed by atoms with Gasteiger partial charge in [-0.3, -0.25) is 0 Å². The van der Waals surface area contributed by atoms with Crippen molar-refractivity contribution < 1.29 is 13.6 Å². The molecule has 0 radical (unpaired) electrons. The van der Waals surface area contributed by atoms with Crippen LogP contribution in [0.5, 0.6) is 11.6 Å². The molecule has 0 aliphatic heterocycles. The molecule has 1 unspecified atom stereocenters. The molecular weight excluding hydrogens is 376 g/mol. The van der Waals surface area contributed by atoms with E-state index in [1.807, 2.05) is 18.2 Å². The molecule has 0 aliphatic carbocycles. The number of aromatic nitrogens is 1. The van der Waals surface area contributed by atoms with Crippen LogP contribution in [0.4, 0.5) is 0 Å². The van der Waals surface area contributed by atoms with Crippen LogP contribution >= 0.6 is 35.8 Å². The van der Waals surface area contributed by atoms with Crippen LogP contribution in [-0.4, -0.2) is 4.98 Å². The average Bonchev–Trinajstić information content (AvgIpc) is 2.87. The zero-order valence-electron chi connectivity index (χ0n) is 10.6. The second-order valence-corrected chi connectivity index (χ2v) is 6.36. The largest absolute Gasteiger partial charge is 0.420 e. The van der Waals surface area contributed by atoms with E-state index in [0.29, 0.717) is 16.7 Å². The number of H-pyrrole nitrogens is 1. The quantitative estimate of drug-likeness (QED) is 0.608. The molecule has 0 bridgehead atoms. The lowest BCUT2D eigenvalue weighted by Crippen LogP contribution is -1.88. The van der Waals surface area contributed by atoms with Gasteiger partial charge in [0.15, 0.2) is 0 Å². The van der Waals surface area contributed by atoms with Gasteiger partial charge in [0.05, 0.1) is 5.02 Å². The lowest BCUT2D eigenvalue weighted by Gasteiger charge is -2.05. The van der Waals surface area contributed by atoms with Crippen molar-refractivity contribution >= 4 is 46.7 Å². The Morgan fingerprint density at radius 3 is 2.62 bits per heavy atom. The van der Waals surface area contributed by atoms with Gasteiger partial charge in [-0.2, -0.15) is 0 Å². The Morgan fingerprint density at radius 1 is 1.10 bits per heavy atom. The summed E-state index contributed by atoms with van der Waals surface area (Å²) >= 11 is 9.54. The van der Waals surface area contributed by atoms with Crippen molar-refractivity contribution in [1.29, 1.82) is 0 Å². The van der Waals surface area contributed by atoms with Gasteiger partial charge >= 0.3 is 8.25 Å². The van der Waals surface area contributed by atoms with Crippen molar-refractivity contribution in [3.63, 3.8) is 0 Å². The molecule has 1 atom stereocenters. The summed E-state index contributed by atoms with van der Waals surface area (Å²) in [5, 5.41) is 1.36. The van der Waals surface area contributed by atoms with Gasteiger partial charge in [0.1, 0.15) is 5.75 Å². The molecule has 1 heterocycles. The molecule has 3 aromatic rings. The maximum absolute atomic E-state index is 11.9. The Morgan fingerprint density at radius 2 is 1.86 bits per heavy atom. The van der Waals surface area contributed by atoms with E-state index in [4.69, 9.17) is 20.6 Å². The first-order valence-corrected chi connectivity index (χ1v) is 8.44. The normalized spacial score (nSPS) is 12.3. The standard InChI is InChI=1S/C14H10BrClNO3P/c15-11-6-7-12-10(14(11)16)8-13(17-12)20-21(18)19-9-4-2-1-3-5-9/h1-8,17,21H. The third-order valence-corrected chi connectivity index (χ3v) is 4.89. The predicted octanol–water partition coefficient (Wildman–Crippen LogP) is 5.43. The number of rotatable bonds is 4. The van der Waals surface area contributed by atoms with Gasteiger partial charge in [-0.05, 0) is 40.2 Å². The first-order valence-electron chi connectivity index (χ1n) is 6.05. The minimum Gasteiger partial charge on any atom is -0.418 e. The van der Waals surface area contributed by atoms with Crippen molar-refractivity contribution in [2.24, 2.45) is 0 Å². The van der Waals surface area contributed by atoms with Crippen molar-refractivity contribution in [3.8, 4) is 11.6 Å². The third kappa shape index (κ3) is 3.26. The highest BCUT2D eigenvalue weighted by molar-refractivity contribution is 9.10.